The average Bonchev–Trinajstić information content (AvgIpc) is 2.25. The normalized spacial score (nSPS) is 14.8. The van der Waals surface area contributed by atoms with E-state index in [-0.39, 0.29) is 0 Å². The van der Waals surface area contributed by atoms with Crippen molar-refractivity contribution in [2.75, 3.05) is 0 Å². The minimum absolute atomic E-state index is 0.533. The predicted molar refractivity (Wildman–Crippen MR) is 72.2 cm³/mol. The van der Waals surface area contributed by atoms with Gasteiger partial charge in [0.2, 0.25) is 0 Å². The highest BCUT2D eigenvalue weighted by Gasteiger charge is 2.16. The van der Waals surface area contributed by atoms with Gasteiger partial charge in [0.15, 0.2) is 0 Å². The highest BCUT2D eigenvalue weighted by atomic mass is 35.5. The smallest absolute Gasteiger partial charge is 0.129 e. The summed E-state index contributed by atoms with van der Waals surface area (Å²) >= 11 is 6.07. The summed E-state index contributed by atoms with van der Waals surface area (Å²) in [6.45, 7) is 6.45. The Morgan fingerprint density at radius 2 is 1.75 bits per heavy atom. The third kappa shape index (κ3) is 4.40. The highest BCUT2D eigenvalue weighted by Crippen LogP contribution is 2.20. The van der Waals surface area contributed by atoms with Crippen LogP contribution in [0.25, 0.3) is 0 Å². The molecule has 86 valence electrons. The summed E-state index contributed by atoms with van der Waals surface area (Å²) in [4.78, 5) is 0. The van der Waals surface area contributed by atoms with Crippen LogP contribution >= 0.6 is 11.6 Å². The number of hydrogen-bond donors (Lipinski definition) is 1. The Hall–Kier alpha value is -0.753. The maximum Gasteiger partial charge on any atom is 0.129 e. The molecule has 1 rings (SSSR count). The summed E-state index contributed by atoms with van der Waals surface area (Å²) in [5, 5.41) is 9.43. The number of benzene rings is 1. The van der Waals surface area contributed by atoms with E-state index in [4.69, 9.17) is 11.6 Å². The van der Waals surface area contributed by atoms with Gasteiger partial charge in [0.25, 0.3) is 0 Å². The van der Waals surface area contributed by atoms with Crippen molar-refractivity contribution in [3.63, 3.8) is 0 Å². The summed E-state index contributed by atoms with van der Waals surface area (Å²) in [5.74, 6) is 2.95. The molecule has 0 aliphatic heterocycles. The second kappa shape index (κ2) is 5.54. The lowest BCUT2D eigenvalue weighted by atomic mass is 10.1. The number of aliphatic hydroxyl groups excluding tert-OH is 1. The van der Waals surface area contributed by atoms with Crippen LogP contribution in [0.4, 0.5) is 0 Å². The van der Waals surface area contributed by atoms with Crippen molar-refractivity contribution in [1.29, 1.82) is 0 Å². The van der Waals surface area contributed by atoms with Crippen LogP contribution in [0.2, 0.25) is 19.6 Å². The molecule has 0 aliphatic rings. The van der Waals surface area contributed by atoms with Crippen LogP contribution in [0.3, 0.4) is 0 Å². The predicted octanol–water partition coefficient (Wildman–Crippen LogP) is 3.21. The molecule has 1 aromatic rings. The maximum atomic E-state index is 9.97. The van der Waals surface area contributed by atoms with Crippen molar-refractivity contribution in [1.82, 2.24) is 0 Å². The first-order chi connectivity index (χ1) is 7.40. The van der Waals surface area contributed by atoms with E-state index in [0.717, 1.165) is 5.56 Å². The number of alkyl halides is 1. The van der Waals surface area contributed by atoms with Crippen molar-refractivity contribution < 1.29 is 5.11 Å². The molecule has 0 radical (unpaired) electrons. The van der Waals surface area contributed by atoms with Gasteiger partial charge in [-0.25, -0.2) is 0 Å². The van der Waals surface area contributed by atoms with Crippen molar-refractivity contribution in [2.24, 2.45) is 0 Å². The average molecular weight is 253 g/mol. The van der Waals surface area contributed by atoms with E-state index >= 15 is 0 Å². The Labute approximate surface area is 103 Å². The van der Waals surface area contributed by atoms with Crippen LogP contribution in [-0.4, -0.2) is 18.6 Å². The molecule has 0 heterocycles. The minimum Gasteiger partial charge on any atom is -0.386 e. The Balaban J connectivity index is 2.75. The summed E-state index contributed by atoms with van der Waals surface area (Å²) in [7, 11) is -1.42. The summed E-state index contributed by atoms with van der Waals surface area (Å²) < 4.78 is 0. The molecule has 0 saturated carbocycles. The van der Waals surface area contributed by atoms with Crippen molar-refractivity contribution >= 4 is 19.7 Å². The molecule has 1 nitrogen and oxygen atoms in total. The topological polar surface area (TPSA) is 20.2 Å². The Morgan fingerprint density at radius 3 is 2.25 bits per heavy atom. The zero-order valence-electron chi connectivity index (χ0n) is 9.87. The van der Waals surface area contributed by atoms with Gasteiger partial charge in [-0.15, -0.1) is 17.1 Å². The SMILES string of the molecule is C[Si](C)(C)C#C[C@@H](Cl)[C@@H](O)c1ccccc1. The molecule has 0 fully saturated rings. The number of rotatable bonds is 2. The molecule has 0 saturated heterocycles. The second-order valence-corrected chi connectivity index (χ2v) is 10.00. The molecule has 0 spiro atoms. The van der Waals surface area contributed by atoms with Gasteiger partial charge in [0.05, 0.1) is 0 Å². The van der Waals surface area contributed by atoms with Gasteiger partial charge in [-0.05, 0) is 5.56 Å². The standard InChI is InChI=1S/C13H17ClOSi/c1-16(2,3)10-9-12(14)13(15)11-7-5-4-6-8-11/h4-8,12-13,15H,1-3H3/t12-,13+/m1/s1. The molecule has 1 N–H and O–H groups in total. The maximum absolute atomic E-state index is 9.97. The number of halogens is 1. The zero-order chi connectivity index (χ0) is 12.2. The van der Waals surface area contributed by atoms with Gasteiger partial charge in [0.1, 0.15) is 19.6 Å². The molecule has 2 atom stereocenters. The lowest BCUT2D eigenvalue weighted by molar-refractivity contribution is 0.187. The van der Waals surface area contributed by atoms with Crippen molar-refractivity contribution in [3.05, 3.63) is 35.9 Å². The summed E-state index contributed by atoms with van der Waals surface area (Å²) in [6, 6.07) is 9.39. The largest absolute Gasteiger partial charge is 0.386 e. The first kappa shape index (κ1) is 13.3. The third-order valence-corrected chi connectivity index (χ3v) is 3.25. The molecular formula is C13H17ClOSi. The van der Waals surface area contributed by atoms with Crippen molar-refractivity contribution in [3.8, 4) is 11.5 Å². The molecule has 3 heteroatoms. The van der Waals surface area contributed by atoms with Gasteiger partial charge in [-0.3, -0.25) is 0 Å². The van der Waals surface area contributed by atoms with Crippen molar-refractivity contribution in [2.45, 2.75) is 31.1 Å². The van der Waals surface area contributed by atoms with E-state index in [9.17, 15) is 5.11 Å². The Kier molecular flexibility index (Phi) is 4.61. The van der Waals surface area contributed by atoms with Crippen LogP contribution < -0.4 is 0 Å². The fraction of sp³-hybridized carbons (Fsp3) is 0.385. The number of aliphatic hydroxyl groups is 1. The first-order valence-corrected chi connectivity index (χ1v) is 9.23. The fourth-order valence-corrected chi connectivity index (χ4v) is 2.06. The van der Waals surface area contributed by atoms with E-state index in [1.807, 2.05) is 30.3 Å². The molecule has 0 amide bonds. The van der Waals surface area contributed by atoms with Gasteiger partial charge in [0, 0.05) is 0 Å². The fourth-order valence-electron chi connectivity index (χ4n) is 1.18. The van der Waals surface area contributed by atoms with Crippen LogP contribution in [-0.2, 0) is 0 Å². The summed E-state index contributed by atoms with van der Waals surface area (Å²) in [6.07, 6.45) is -0.716. The minimum atomic E-state index is -1.42. The van der Waals surface area contributed by atoms with Crippen LogP contribution in [0.1, 0.15) is 11.7 Å². The van der Waals surface area contributed by atoms with Gasteiger partial charge in [-0.1, -0.05) is 55.9 Å². The molecule has 0 bridgehead atoms. The monoisotopic (exact) mass is 252 g/mol. The zero-order valence-corrected chi connectivity index (χ0v) is 11.6. The Morgan fingerprint density at radius 1 is 1.19 bits per heavy atom. The van der Waals surface area contributed by atoms with Crippen LogP contribution in [0, 0.1) is 11.5 Å². The van der Waals surface area contributed by atoms with E-state index in [1.54, 1.807) is 0 Å². The van der Waals surface area contributed by atoms with E-state index in [0.29, 0.717) is 0 Å². The highest BCUT2D eigenvalue weighted by molar-refractivity contribution is 6.83. The number of hydrogen-bond acceptors (Lipinski definition) is 1. The molecular weight excluding hydrogens is 236 g/mol. The van der Waals surface area contributed by atoms with Crippen LogP contribution in [0.15, 0.2) is 30.3 Å². The van der Waals surface area contributed by atoms with Gasteiger partial charge >= 0.3 is 0 Å². The van der Waals surface area contributed by atoms with E-state index in [1.165, 1.54) is 0 Å². The van der Waals surface area contributed by atoms with E-state index in [2.05, 4.69) is 31.1 Å². The lowest BCUT2D eigenvalue weighted by Gasteiger charge is -2.13. The molecule has 16 heavy (non-hydrogen) atoms. The van der Waals surface area contributed by atoms with Gasteiger partial charge in [-0.2, -0.15) is 0 Å². The summed E-state index contributed by atoms with van der Waals surface area (Å²) in [5.41, 5.74) is 3.98. The quantitative estimate of drug-likeness (QED) is 0.487. The van der Waals surface area contributed by atoms with Gasteiger partial charge < -0.3 is 5.11 Å². The third-order valence-electron chi connectivity index (χ3n) is 2.00. The molecule has 0 aliphatic carbocycles. The van der Waals surface area contributed by atoms with Crippen LogP contribution in [0.5, 0.6) is 0 Å². The first-order valence-electron chi connectivity index (χ1n) is 5.30. The van der Waals surface area contributed by atoms with E-state index < -0.39 is 19.6 Å². The molecule has 1 aromatic carbocycles. The molecule has 0 unspecified atom stereocenters. The lowest BCUT2D eigenvalue weighted by Crippen LogP contribution is -2.18. The molecule has 0 aromatic heterocycles. The second-order valence-electron chi connectivity index (χ2n) is 4.78. The Bertz CT molecular complexity index is 386.